The lowest BCUT2D eigenvalue weighted by atomic mass is 10.2. The average molecular weight is 275 g/mol. The van der Waals surface area contributed by atoms with Crippen molar-refractivity contribution < 1.29 is 8.81 Å². The molecule has 2 aromatic rings. The van der Waals surface area contributed by atoms with Gasteiger partial charge in [0, 0.05) is 32.7 Å². The van der Waals surface area contributed by atoms with Gasteiger partial charge in [-0.15, -0.1) is 0 Å². The van der Waals surface area contributed by atoms with E-state index >= 15 is 0 Å². The molecular weight excluding hydrogens is 257 g/mol. The standard InChI is InChI=1S/C15H18FN3O/c1-11-14(10-19-8-6-17-7-9-19)18-15(20-11)12-4-2-3-5-13(12)16/h2-5,17H,6-10H2,1H3. The summed E-state index contributed by atoms with van der Waals surface area (Å²) < 4.78 is 19.4. The van der Waals surface area contributed by atoms with Crippen LogP contribution in [0.1, 0.15) is 11.5 Å². The van der Waals surface area contributed by atoms with E-state index in [0.717, 1.165) is 44.2 Å². The Labute approximate surface area is 117 Å². The van der Waals surface area contributed by atoms with Gasteiger partial charge in [0.1, 0.15) is 11.6 Å². The lowest BCUT2D eigenvalue weighted by Crippen LogP contribution is -2.43. The van der Waals surface area contributed by atoms with Crippen LogP contribution in [0.4, 0.5) is 4.39 Å². The molecule has 0 aliphatic carbocycles. The third-order valence-electron chi connectivity index (χ3n) is 3.58. The zero-order valence-corrected chi connectivity index (χ0v) is 11.5. The third kappa shape index (κ3) is 2.73. The molecule has 0 bridgehead atoms. The number of piperazine rings is 1. The first-order chi connectivity index (χ1) is 9.74. The van der Waals surface area contributed by atoms with Gasteiger partial charge in [0.2, 0.25) is 5.89 Å². The summed E-state index contributed by atoms with van der Waals surface area (Å²) in [5.41, 5.74) is 1.31. The van der Waals surface area contributed by atoms with Crippen LogP contribution in [-0.2, 0) is 6.54 Å². The quantitative estimate of drug-likeness (QED) is 0.932. The topological polar surface area (TPSA) is 41.3 Å². The number of rotatable bonds is 3. The summed E-state index contributed by atoms with van der Waals surface area (Å²) in [5.74, 6) is 0.829. The molecule has 5 heteroatoms. The molecule has 1 aliphatic rings. The fraction of sp³-hybridized carbons (Fsp3) is 0.400. The van der Waals surface area contributed by atoms with Crippen LogP contribution in [-0.4, -0.2) is 36.1 Å². The monoisotopic (exact) mass is 275 g/mol. The molecular formula is C15H18FN3O. The van der Waals surface area contributed by atoms with Crippen molar-refractivity contribution >= 4 is 0 Å². The summed E-state index contributed by atoms with van der Waals surface area (Å²) in [6.45, 7) is 6.64. The molecule has 0 saturated carbocycles. The van der Waals surface area contributed by atoms with Crippen molar-refractivity contribution in [3.8, 4) is 11.5 Å². The van der Waals surface area contributed by atoms with Crippen molar-refractivity contribution in [2.75, 3.05) is 26.2 Å². The van der Waals surface area contributed by atoms with E-state index in [2.05, 4.69) is 15.2 Å². The predicted molar refractivity (Wildman–Crippen MR) is 74.8 cm³/mol. The second-order valence-electron chi connectivity index (χ2n) is 5.03. The van der Waals surface area contributed by atoms with Gasteiger partial charge < -0.3 is 9.73 Å². The van der Waals surface area contributed by atoms with Crippen LogP contribution in [0.25, 0.3) is 11.5 Å². The molecule has 3 rings (SSSR count). The van der Waals surface area contributed by atoms with Crippen molar-refractivity contribution in [2.45, 2.75) is 13.5 Å². The third-order valence-corrected chi connectivity index (χ3v) is 3.58. The SMILES string of the molecule is Cc1oc(-c2ccccc2F)nc1CN1CCNCC1. The van der Waals surface area contributed by atoms with Crippen molar-refractivity contribution in [3.63, 3.8) is 0 Å². The minimum Gasteiger partial charge on any atom is -0.441 e. The lowest BCUT2D eigenvalue weighted by molar-refractivity contribution is 0.230. The number of nitrogens with one attached hydrogen (secondary N) is 1. The molecule has 0 unspecified atom stereocenters. The summed E-state index contributed by atoms with van der Waals surface area (Å²) in [6.07, 6.45) is 0. The van der Waals surface area contributed by atoms with E-state index < -0.39 is 0 Å². The highest BCUT2D eigenvalue weighted by molar-refractivity contribution is 5.54. The number of aryl methyl sites for hydroxylation is 1. The fourth-order valence-corrected chi connectivity index (χ4v) is 2.41. The fourth-order valence-electron chi connectivity index (χ4n) is 2.41. The van der Waals surface area contributed by atoms with Gasteiger partial charge in [-0.1, -0.05) is 12.1 Å². The zero-order chi connectivity index (χ0) is 13.9. The number of hydrogen-bond donors (Lipinski definition) is 1. The number of halogens is 1. The number of hydrogen-bond acceptors (Lipinski definition) is 4. The summed E-state index contributed by atoms with van der Waals surface area (Å²) in [7, 11) is 0. The summed E-state index contributed by atoms with van der Waals surface area (Å²) >= 11 is 0. The van der Waals surface area contributed by atoms with E-state index in [1.807, 2.05) is 6.92 Å². The molecule has 106 valence electrons. The smallest absolute Gasteiger partial charge is 0.229 e. The molecule has 2 heterocycles. The Hall–Kier alpha value is -1.72. The maximum atomic E-state index is 13.8. The Morgan fingerprint density at radius 2 is 2.05 bits per heavy atom. The van der Waals surface area contributed by atoms with Crippen molar-refractivity contribution in [2.24, 2.45) is 0 Å². The molecule has 0 radical (unpaired) electrons. The molecule has 1 aromatic heterocycles. The van der Waals surface area contributed by atoms with Gasteiger partial charge in [0.05, 0.1) is 11.3 Å². The van der Waals surface area contributed by atoms with Crippen LogP contribution < -0.4 is 5.32 Å². The molecule has 4 nitrogen and oxygen atoms in total. The first-order valence-corrected chi connectivity index (χ1v) is 6.88. The molecule has 1 N–H and O–H groups in total. The second-order valence-corrected chi connectivity index (χ2v) is 5.03. The second kappa shape index (κ2) is 5.73. The van der Waals surface area contributed by atoms with E-state index in [9.17, 15) is 4.39 Å². The lowest BCUT2D eigenvalue weighted by Gasteiger charge is -2.26. The van der Waals surface area contributed by atoms with Crippen LogP contribution in [0.15, 0.2) is 28.7 Å². The Balaban J connectivity index is 1.82. The largest absolute Gasteiger partial charge is 0.441 e. The minimum absolute atomic E-state index is 0.303. The predicted octanol–water partition coefficient (Wildman–Crippen LogP) is 2.19. The van der Waals surface area contributed by atoms with E-state index in [-0.39, 0.29) is 5.82 Å². The van der Waals surface area contributed by atoms with Gasteiger partial charge in [0.15, 0.2) is 0 Å². The number of nitrogens with zero attached hydrogens (tertiary/aromatic N) is 2. The van der Waals surface area contributed by atoms with E-state index in [0.29, 0.717) is 11.5 Å². The maximum Gasteiger partial charge on any atom is 0.229 e. The summed E-state index contributed by atoms with van der Waals surface area (Å²) in [4.78, 5) is 6.79. The summed E-state index contributed by atoms with van der Waals surface area (Å²) in [5, 5.41) is 3.32. The van der Waals surface area contributed by atoms with E-state index in [4.69, 9.17) is 4.42 Å². The van der Waals surface area contributed by atoms with Gasteiger partial charge in [-0.2, -0.15) is 0 Å². The van der Waals surface area contributed by atoms with Gasteiger partial charge in [0.25, 0.3) is 0 Å². The van der Waals surface area contributed by atoms with E-state index in [1.54, 1.807) is 18.2 Å². The van der Waals surface area contributed by atoms with Crippen LogP contribution in [0.3, 0.4) is 0 Å². The molecule has 1 aliphatic heterocycles. The Morgan fingerprint density at radius 1 is 1.30 bits per heavy atom. The van der Waals surface area contributed by atoms with E-state index in [1.165, 1.54) is 6.07 Å². The van der Waals surface area contributed by atoms with Gasteiger partial charge in [-0.25, -0.2) is 9.37 Å². The number of aromatic nitrogens is 1. The normalized spacial score (nSPS) is 16.5. The van der Waals surface area contributed by atoms with Crippen molar-refractivity contribution in [1.29, 1.82) is 0 Å². The minimum atomic E-state index is -0.303. The Kier molecular flexibility index (Phi) is 3.80. The average Bonchev–Trinajstić information content (AvgIpc) is 2.81. The van der Waals surface area contributed by atoms with Crippen LogP contribution in [0.5, 0.6) is 0 Å². The Bertz CT molecular complexity index is 591. The maximum absolute atomic E-state index is 13.8. The van der Waals surface area contributed by atoms with Gasteiger partial charge >= 0.3 is 0 Å². The highest BCUT2D eigenvalue weighted by Gasteiger charge is 2.17. The van der Waals surface area contributed by atoms with Crippen molar-refractivity contribution in [3.05, 3.63) is 41.5 Å². The molecule has 20 heavy (non-hydrogen) atoms. The number of oxazole rings is 1. The highest BCUT2D eigenvalue weighted by atomic mass is 19.1. The van der Waals surface area contributed by atoms with Crippen molar-refractivity contribution in [1.82, 2.24) is 15.2 Å². The molecule has 0 atom stereocenters. The van der Waals surface area contributed by atoms with Crippen LogP contribution in [0.2, 0.25) is 0 Å². The molecule has 0 amide bonds. The molecule has 1 fully saturated rings. The van der Waals surface area contributed by atoms with Gasteiger partial charge in [-0.05, 0) is 19.1 Å². The van der Waals surface area contributed by atoms with Gasteiger partial charge in [-0.3, -0.25) is 4.90 Å². The molecule has 1 aromatic carbocycles. The summed E-state index contributed by atoms with van der Waals surface area (Å²) in [6, 6.07) is 6.56. The number of benzene rings is 1. The molecule has 0 spiro atoms. The van der Waals surface area contributed by atoms with Crippen LogP contribution in [0, 0.1) is 12.7 Å². The first-order valence-electron chi connectivity index (χ1n) is 6.88. The molecule has 1 saturated heterocycles. The first kappa shape index (κ1) is 13.3. The van der Waals surface area contributed by atoms with Crippen LogP contribution >= 0.6 is 0 Å². The zero-order valence-electron chi connectivity index (χ0n) is 11.5. The highest BCUT2D eigenvalue weighted by Crippen LogP contribution is 2.24. The Morgan fingerprint density at radius 3 is 2.80 bits per heavy atom.